The first-order valence-electron chi connectivity index (χ1n) is 10.2. The average molecular weight is 459 g/mol. The van der Waals surface area contributed by atoms with E-state index < -0.39 is 29.2 Å². The predicted molar refractivity (Wildman–Crippen MR) is 114 cm³/mol. The van der Waals surface area contributed by atoms with Gasteiger partial charge in [-0.25, -0.2) is 0 Å². The van der Waals surface area contributed by atoms with Crippen LogP contribution >= 0.6 is 0 Å². The van der Waals surface area contributed by atoms with Gasteiger partial charge in [-0.3, -0.25) is 14.4 Å². The van der Waals surface area contributed by atoms with Crippen molar-refractivity contribution in [1.82, 2.24) is 10.3 Å². The molecule has 172 valence electrons. The zero-order chi connectivity index (χ0) is 23.8. The molecule has 0 aliphatic carbocycles. The molecule has 1 aliphatic heterocycles. The van der Waals surface area contributed by atoms with E-state index in [9.17, 15) is 27.6 Å². The molecule has 1 aromatic heterocycles. The number of halogens is 3. The Balaban J connectivity index is 1.64. The van der Waals surface area contributed by atoms with Gasteiger partial charge in [0, 0.05) is 16.6 Å². The first kappa shape index (κ1) is 22.5. The Hall–Kier alpha value is -3.66. The molecule has 7 nitrogen and oxygen atoms in total. The van der Waals surface area contributed by atoms with Crippen molar-refractivity contribution in [2.75, 3.05) is 13.2 Å². The fraction of sp³-hybridized carbons (Fsp3) is 0.261. The molecular weight excluding hydrogens is 439 g/mol. The highest BCUT2D eigenvalue weighted by atomic mass is 19.4. The Morgan fingerprint density at radius 1 is 1.12 bits per heavy atom. The molecule has 3 aromatic rings. The second kappa shape index (κ2) is 8.70. The molecule has 4 rings (SSSR count). The number of aromatic nitrogens is 1. The molecule has 1 saturated heterocycles. The van der Waals surface area contributed by atoms with Crippen molar-refractivity contribution >= 4 is 22.6 Å². The van der Waals surface area contributed by atoms with Crippen molar-refractivity contribution in [2.45, 2.75) is 24.6 Å². The molecular formula is C23H20F3N3O4. The van der Waals surface area contributed by atoms with E-state index in [1.54, 1.807) is 18.2 Å². The number of esters is 1. The van der Waals surface area contributed by atoms with Crippen LogP contribution in [-0.4, -0.2) is 36.1 Å². The van der Waals surface area contributed by atoms with E-state index in [0.717, 1.165) is 6.07 Å². The lowest BCUT2D eigenvalue weighted by molar-refractivity contribution is -0.142. The van der Waals surface area contributed by atoms with Crippen LogP contribution in [0.2, 0.25) is 0 Å². The maximum absolute atomic E-state index is 13.4. The van der Waals surface area contributed by atoms with Crippen molar-refractivity contribution in [3.8, 4) is 11.3 Å². The number of amides is 1. The van der Waals surface area contributed by atoms with E-state index in [-0.39, 0.29) is 41.7 Å². The first-order chi connectivity index (χ1) is 15.7. The molecule has 4 N–H and O–H groups in total. The number of benzene rings is 2. The number of nitrogens with one attached hydrogen (secondary N) is 2. The maximum Gasteiger partial charge on any atom is 0.417 e. The normalized spacial score (nSPS) is 18.4. The number of fused-ring (bicyclic) bond motifs is 1. The molecule has 0 saturated carbocycles. The lowest BCUT2D eigenvalue weighted by Gasteiger charge is -2.14. The Bertz CT molecular complexity index is 1290. The second-order valence-corrected chi connectivity index (χ2v) is 7.78. The van der Waals surface area contributed by atoms with Gasteiger partial charge >= 0.3 is 12.1 Å². The molecule has 1 amide bonds. The van der Waals surface area contributed by atoms with Crippen molar-refractivity contribution in [3.05, 3.63) is 70.0 Å². The van der Waals surface area contributed by atoms with E-state index >= 15 is 0 Å². The van der Waals surface area contributed by atoms with Crippen molar-refractivity contribution < 1.29 is 27.5 Å². The van der Waals surface area contributed by atoms with Gasteiger partial charge in [-0.15, -0.1) is 0 Å². The van der Waals surface area contributed by atoms with Crippen LogP contribution < -0.4 is 16.6 Å². The van der Waals surface area contributed by atoms with Crippen molar-refractivity contribution in [3.63, 3.8) is 0 Å². The number of carbonyl (C=O) groups excluding carboxylic acids is 2. The summed E-state index contributed by atoms with van der Waals surface area (Å²) < 4.78 is 45.2. The quantitative estimate of drug-likeness (QED) is 0.508. The standard InChI is InChI=1S/C23H20F3N3O4/c24-23(25,26)18-4-2-1-3-15(18)19-8-13-6-5-12(7-16(13)22(32)29-19)17-9-14(28-21(17)31)11-33-20(30)10-27/h1-8,14,17H,9-11,27H2,(H,28,31)(H,29,32)/t14?,17-/m1/s1. The minimum Gasteiger partial charge on any atom is -0.463 e. The monoisotopic (exact) mass is 459 g/mol. The van der Waals surface area contributed by atoms with Crippen LogP contribution in [0.25, 0.3) is 22.0 Å². The SMILES string of the molecule is NCC(=O)OCC1C[C@H](c2ccc3cc(-c4ccccc4C(F)(F)F)[nH]c(=O)c3c2)C(=O)N1. The van der Waals surface area contributed by atoms with Gasteiger partial charge in [-0.1, -0.05) is 30.3 Å². The number of hydrogen-bond donors (Lipinski definition) is 3. The molecule has 1 unspecified atom stereocenters. The first-order valence-corrected chi connectivity index (χ1v) is 10.2. The van der Waals surface area contributed by atoms with Crippen molar-refractivity contribution in [1.29, 1.82) is 0 Å². The molecule has 33 heavy (non-hydrogen) atoms. The van der Waals surface area contributed by atoms with Crippen LogP contribution in [0, 0.1) is 0 Å². The number of pyridine rings is 1. The van der Waals surface area contributed by atoms with Crippen LogP contribution in [0.1, 0.15) is 23.5 Å². The summed E-state index contributed by atoms with van der Waals surface area (Å²) in [6.07, 6.45) is -4.21. The van der Waals surface area contributed by atoms with Gasteiger partial charge in [0.05, 0.1) is 24.1 Å². The van der Waals surface area contributed by atoms with Gasteiger partial charge in [-0.2, -0.15) is 13.2 Å². The van der Waals surface area contributed by atoms with Gasteiger partial charge in [-0.05, 0) is 35.6 Å². The van der Waals surface area contributed by atoms with Crippen LogP contribution in [0.3, 0.4) is 0 Å². The molecule has 2 heterocycles. The van der Waals surface area contributed by atoms with Gasteiger partial charge in [0.1, 0.15) is 6.61 Å². The molecule has 10 heteroatoms. The summed E-state index contributed by atoms with van der Waals surface area (Å²) >= 11 is 0. The highest BCUT2D eigenvalue weighted by molar-refractivity contribution is 5.90. The largest absolute Gasteiger partial charge is 0.463 e. The number of hydrogen-bond acceptors (Lipinski definition) is 5. The van der Waals surface area contributed by atoms with Crippen molar-refractivity contribution in [2.24, 2.45) is 5.73 Å². The maximum atomic E-state index is 13.4. The summed E-state index contributed by atoms with van der Waals surface area (Å²) in [5.41, 5.74) is 4.30. The number of carbonyl (C=O) groups is 2. The summed E-state index contributed by atoms with van der Waals surface area (Å²) in [5.74, 6) is -1.40. The number of alkyl halides is 3. The van der Waals surface area contributed by atoms with Crippen LogP contribution in [0.4, 0.5) is 13.2 Å². The fourth-order valence-electron chi connectivity index (χ4n) is 4.01. The molecule has 0 spiro atoms. The number of H-pyrrole nitrogens is 1. The minimum absolute atomic E-state index is 0.00554. The number of ether oxygens (including phenoxy) is 1. The summed E-state index contributed by atoms with van der Waals surface area (Å²) in [4.78, 5) is 38.9. The zero-order valence-electron chi connectivity index (χ0n) is 17.2. The smallest absolute Gasteiger partial charge is 0.417 e. The lowest BCUT2D eigenvalue weighted by atomic mass is 9.93. The zero-order valence-corrected chi connectivity index (χ0v) is 17.2. The third kappa shape index (κ3) is 4.61. The summed E-state index contributed by atoms with van der Waals surface area (Å²) in [6.45, 7) is -0.263. The fourth-order valence-corrected chi connectivity index (χ4v) is 4.01. The Morgan fingerprint density at radius 3 is 2.61 bits per heavy atom. The highest BCUT2D eigenvalue weighted by Gasteiger charge is 2.35. The molecule has 0 radical (unpaired) electrons. The molecule has 2 atom stereocenters. The predicted octanol–water partition coefficient (Wildman–Crippen LogP) is 2.69. The van der Waals surface area contributed by atoms with E-state index in [1.165, 1.54) is 24.3 Å². The molecule has 1 aliphatic rings. The molecule has 2 aromatic carbocycles. The highest BCUT2D eigenvalue weighted by Crippen LogP contribution is 2.37. The van der Waals surface area contributed by atoms with Crippen LogP contribution in [0.5, 0.6) is 0 Å². The summed E-state index contributed by atoms with van der Waals surface area (Å²) in [7, 11) is 0. The van der Waals surface area contributed by atoms with Crippen LogP contribution in [0.15, 0.2) is 53.3 Å². The number of rotatable bonds is 5. The van der Waals surface area contributed by atoms with E-state index in [1.807, 2.05) is 0 Å². The molecule has 1 fully saturated rings. The summed E-state index contributed by atoms with van der Waals surface area (Å²) in [6, 6.07) is 10.9. The van der Waals surface area contributed by atoms with Gasteiger partial charge in [0.2, 0.25) is 5.91 Å². The number of nitrogens with two attached hydrogens (primary N) is 1. The van der Waals surface area contributed by atoms with E-state index in [0.29, 0.717) is 17.4 Å². The Labute approximate surface area is 185 Å². The summed E-state index contributed by atoms with van der Waals surface area (Å²) in [5, 5.41) is 3.45. The average Bonchev–Trinajstić information content (AvgIpc) is 3.17. The Kier molecular flexibility index (Phi) is 5.94. The third-order valence-corrected chi connectivity index (χ3v) is 5.59. The van der Waals surface area contributed by atoms with E-state index in [2.05, 4.69) is 10.3 Å². The van der Waals surface area contributed by atoms with Gasteiger partial charge in [0.25, 0.3) is 5.56 Å². The number of aromatic amines is 1. The molecule has 0 bridgehead atoms. The van der Waals surface area contributed by atoms with Gasteiger partial charge < -0.3 is 20.8 Å². The Morgan fingerprint density at radius 2 is 1.88 bits per heavy atom. The van der Waals surface area contributed by atoms with Gasteiger partial charge in [0.15, 0.2) is 0 Å². The van der Waals surface area contributed by atoms with E-state index in [4.69, 9.17) is 10.5 Å². The minimum atomic E-state index is -4.57. The van der Waals surface area contributed by atoms with Crippen LogP contribution in [-0.2, 0) is 20.5 Å². The lowest BCUT2D eigenvalue weighted by Crippen LogP contribution is -2.32. The topological polar surface area (TPSA) is 114 Å². The second-order valence-electron chi connectivity index (χ2n) is 7.78. The third-order valence-electron chi connectivity index (χ3n) is 5.59.